The van der Waals surface area contributed by atoms with Crippen LogP contribution in [0.1, 0.15) is 6.42 Å². The van der Waals surface area contributed by atoms with Gasteiger partial charge >= 0.3 is 0 Å². The average molecular weight is 195 g/mol. The van der Waals surface area contributed by atoms with Crippen molar-refractivity contribution in [3.63, 3.8) is 0 Å². The quantitative estimate of drug-likeness (QED) is 0.644. The predicted molar refractivity (Wildman–Crippen MR) is 59.5 cm³/mol. The minimum Gasteiger partial charge on any atom is -0.314 e. The Hall–Kier alpha value is -0.380. The molecule has 3 heteroatoms. The number of piperazine rings is 1. The first-order valence-electron chi connectivity index (χ1n) is 5.68. The molecule has 2 rings (SSSR count). The second-order valence-corrected chi connectivity index (χ2v) is 4.28. The van der Waals surface area contributed by atoms with Crippen LogP contribution in [0.2, 0.25) is 0 Å². The summed E-state index contributed by atoms with van der Waals surface area (Å²) < 4.78 is 0. The van der Waals surface area contributed by atoms with Crippen LogP contribution in [0.5, 0.6) is 0 Å². The van der Waals surface area contributed by atoms with Crippen LogP contribution in [0.3, 0.4) is 0 Å². The van der Waals surface area contributed by atoms with Crippen molar-refractivity contribution in [2.24, 2.45) is 0 Å². The van der Waals surface area contributed by atoms with Gasteiger partial charge in [0.15, 0.2) is 0 Å². The van der Waals surface area contributed by atoms with Gasteiger partial charge in [-0.2, -0.15) is 0 Å². The van der Waals surface area contributed by atoms with Gasteiger partial charge in [0, 0.05) is 51.9 Å². The van der Waals surface area contributed by atoms with Gasteiger partial charge in [-0.15, -0.1) is 6.58 Å². The van der Waals surface area contributed by atoms with Crippen molar-refractivity contribution >= 4 is 0 Å². The van der Waals surface area contributed by atoms with Gasteiger partial charge < -0.3 is 5.32 Å². The number of hydrogen-bond acceptors (Lipinski definition) is 3. The van der Waals surface area contributed by atoms with Gasteiger partial charge in [0.2, 0.25) is 0 Å². The maximum atomic E-state index is 3.75. The Bertz CT molecular complexity index is 181. The first-order valence-corrected chi connectivity index (χ1v) is 5.68. The molecular weight excluding hydrogens is 174 g/mol. The smallest absolute Gasteiger partial charge is 0.0351 e. The lowest BCUT2D eigenvalue weighted by atomic mass is 10.1. The summed E-state index contributed by atoms with van der Waals surface area (Å²) in [6, 6.07) is 0.835. The molecular formula is C11H21N3. The molecule has 0 saturated carbocycles. The van der Waals surface area contributed by atoms with Crippen molar-refractivity contribution in [1.29, 1.82) is 0 Å². The Balaban J connectivity index is 1.63. The van der Waals surface area contributed by atoms with Crippen LogP contribution in [0.4, 0.5) is 0 Å². The Kier molecular flexibility index (Phi) is 3.56. The molecule has 80 valence electrons. The highest BCUT2D eigenvalue weighted by molar-refractivity contribution is 4.90. The van der Waals surface area contributed by atoms with Crippen LogP contribution >= 0.6 is 0 Å². The van der Waals surface area contributed by atoms with Gasteiger partial charge in [-0.1, -0.05) is 6.08 Å². The zero-order chi connectivity index (χ0) is 9.80. The maximum Gasteiger partial charge on any atom is 0.0351 e. The first kappa shape index (κ1) is 10.1. The van der Waals surface area contributed by atoms with E-state index in [1.165, 1.54) is 45.8 Å². The third-order valence-corrected chi connectivity index (χ3v) is 3.26. The Morgan fingerprint density at radius 2 is 2.00 bits per heavy atom. The fourth-order valence-electron chi connectivity index (χ4n) is 2.28. The van der Waals surface area contributed by atoms with Gasteiger partial charge in [0.1, 0.15) is 0 Å². The molecule has 0 aliphatic carbocycles. The van der Waals surface area contributed by atoms with E-state index < -0.39 is 0 Å². The molecule has 0 amide bonds. The summed E-state index contributed by atoms with van der Waals surface area (Å²) in [5, 5.41) is 3.39. The van der Waals surface area contributed by atoms with Crippen LogP contribution in [0, 0.1) is 0 Å². The van der Waals surface area contributed by atoms with Crippen molar-refractivity contribution in [2.75, 3.05) is 45.8 Å². The van der Waals surface area contributed by atoms with E-state index in [2.05, 4.69) is 21.7 Å². The summed E-state index contributed by atoms with van der Waals surface area (Å²) in [6.45, 7) is 12.3. The number of nitrogens with zero attached hydrogens (tertiary/aromatic N) is 2. The summed E-state index contributed by atoms with van der Waals surface area (Å²) in [7, 11) is 0. The van der Waals surface area contributed by atoms with Crippen LogP contribution in [0.15, 0.2) is 12.7 Å². The molecule has 2 fully saturated rings. The largest absolute Gasteiger partial charge is 0.314 e. The maximum absolute atomic E-state index is 3.75. The lowest BCUT2D eigenvalue weighted by molar-refractivity contribution is 0.0286. The Morgan fingerprint density at radius 3 is 2.64 bits per heavy atom. The summed E-state index contributed by atoms with van der Waals surface area (Å²) in [5.41, 5.74) is 0. The SMILES string of the molecule is C=CCCN1CC(N2CCNCC2)C1. The van der Waals surface area contributed by atoms with E-state index in [1.807, 2.05) is 6.08 Å². The van der Waals surface area contributed by atoms with Crippen molar-refractivity contribution in [1.82, 2.24) is 15.1 Å². The van der Waals surface area contributed by atoms with E-state index in [1.54, 1.807) is 0 Å². The molecule has 0 atom stereocenters. The highest BCUT2D eigenvalue weighted by Gasteiger charge is 2.31. The summed E-state index contributed by atoms with van der Waals surface area (Å²) in [6.07, 6.45) is 3.15. The second kappa shape index (κ2) is 4.91. The van der Waals surface area contributed by atoms with Crippen molar-refractivity contribution < 1.29 is 0 Å². The molecule has 0 radical (unpaired) electrons. The van der Waals surface area contributed by atoms with E-state index in [9.17, 15) is 0 Å². The molecule has 2 aliphatic rings. The normalized spacial score (nSPS) is 26.0. The Morgan fingerprint density at radius 1 is 1.29 bits per heavy atom. The van der Waals surface area contributed by atoms with Crippen molar-refractivity contribution in [3.8, 4) is 0 Å². The van der Waals surface area contributed by atoms with Crippen molar-refractivity contribution in [3.05, 3.63) is 12.7 Å². The number of nitrogens with one attached hydrogen (secondary N) is 1. The molecule has 0 unspecified atom stereocenters. The van der Waals surface area contributed by atoms with E-state index in [-0.39, 0.29) is 0 Å². The first-order chi connectivity index (χ1) is 6.90. The van der Waals surface area contributed by atoms with Gasteiger partial charge in [-0.05, 0) is 6.42 Å². The standard InChI is InChI=1S/C11H21N3/c1-2-3-6-13-9-11(10-13)14-7-4-12-5-8-14/h2,11-12H,1,3-10H2. The second-order valence-electron chi connectivity index (χ2n) is 4.28. The van der Waals surface area contributed by atoms with Crippen LogP contribution in [-0.4, -0.2) is 61.7 Å². The van der Waals surface area contributed by atoms with Crippen LogP contribution < -0.4 is 5.32 Å². The molecule has 0 aromatic heterocycles. The molecule has 2 saturated heterocycles. The zero-order valence-corrected chi connectivity index (χ0v) is 8.91. The minimum absolute atomic E-state index is 0.835. The van der Waals surface area contributed by atoms with E-state index in [0.717, 1.165) is 12.5 Å². The van der Waals surface area contributed by atoms with Gasteiger partial charge in [0.05, 0.1) is 0 Å². The Labute approximate surface area is 86.8 Å². The fraction of sp³-hybridized carbons (Fsp3) is 0.818. The van der Waals surface area contributed by atoms with Gasteiger partial charge in [-0.3, -0.25) is 9.80 Å². The lowest BCUT2D eigenvalue weighted by Gasteiger charge is -2.46. The number of hydrogen-bond donors (Lipinski definition) is 1. The summed E-state index contributed by atoms with van der Waals surface area (Å²) >= 11 is 0. The topological polar surface area (TPSA) is 18.5 Å². The third kappa shape index (κ3) is 2.35. The molecule has 0 bridgehead atoms. The molecule has 0 aromatic rings. The fourth-order valence-corrected chi connectivity index (χ4v) is 2.28. The zero-order valence-electron chi connectivity index (χ0n) is 8.91. The van der Waals surface area contributed by atoms with Crippen molar-refractivity contribution in [2.45, 2.75) is 12.5 Å². The third-order valence-electron chi connectivity index (χ3n) is 3.26. The lowest BCUT2D eigenvalue weighted by Crippen LogP contribution is -2.62. The molecule has 2 aliphatic heterocycles. The summed E-state index contributed by atoms with van der Waals surface area (Å²) in [5.74, 6) is 0. The highest BCUT2D eigenvalue weighted by atomic mass is 15.3. The average Bonchev–Trinajstić information content (AvgIpc) is 2.17. The molecule has 14 heavy (non-hydrogen) atoms. The molecule has 2 heterocycles. The van der Waals surface area contributed by atoms with E-state index >= 15 is 0 Å². The van der Waals surface area contributed by atoms with Crippen LogP contribution in [-0.2, 0) is 0 Å². The highest BCUT2D eigenvalue weighted by Crippen LogP contribution is 2.15. The minimum atomic E-state index is 0.835. The predicted octanol–water partition coefficient (Wildman–Crippen LogP) is 0.152. The molecule has 0 spiro atoms. The van der Waals surface area contributed by atoms with Gasteiger partial charge in [-0.25, -0.2) is 0 Å². The van der Waals surface area contributed by atoms with Gasteiger partial charge in [0.25, 0.3) is 0 Å². The van der Waals surface area contributed by atoms with E-state index in [0.29, 0.717) is 0 Å². The van der Waals surface area contributed by atoms with E-state index in [4.69, 9.17) is 0 Å². The number of rotatable bonds is 4. The molecule has 3 nitrogen and oxygen atoms in total. The molecule has 1 N–H and O–H groups in total. The molecule has 0 aromatic carbocycles. The monoisotopic (exact) mass is 195 g/mol. The summed E-state index contributed by atoms with van der Waals surface area (Å²) in [4.78, 5) is 5.15. The number of likely N-dealkylation sites (tertiary alicyclic amines) is 1. The van der Waals surface area contributed by atoms with Crippen LogP contribution in [0.25, 0.3) is 0 Å².